The summed E-state index contributed by atoms with van der Waals surface area (Å²) >= 11 is 6.01. The van der Waals surface area contributed by atoms with Crippen LogP contribution in [0.5, 0.6) is 5.75 Å². The lowest BCUT2D eigenvalue weighted by molar-refractivity contribution is -0.00770. The van der Waals surface area contributed by atoms with Gasteiger partial charge in [-0.3, -0.25) is 0 Å². The predicted octanol–water partition coefficient (Wildman–Crippen LogP) is 2.15. The van der Waals surface area contributed by atoms with Crippen LogP contribution in [0.25, 0.3) is 0 Å². The van der Waals surface area contributed by atoms with Gasteiger partial charge in [-0.05, 0) is 32.0 Å². The standard InChI is InChI=1S/C13H18ClNO4S/c1-13(2)9-19-7-6-15(13)20(16,17)10-4-5-12(18-3)11(14)8-10/h4-5,8H,6-7,9H2,1-3H3. The molecule has 1 aliphatic heterocycles. The number of sulfonamides is 1. The second-order valence-electron chi connectivity index (χ2n) is 5.24. The van der Waals surface area contributed by atoms with Crippen molar-refractivity contribution in [3.05, 3.63) is 23.2 Å². The lowest BCUT2D eigenvalue weighted by Crippen LogP contribution is -2.55. The summed E-state index contributed by atoms with van der Waals surface area (Å²) in [4.78, 5) is 0.165. The first-order valence-corrected chi connectivity index (χ1v) is 8.05. The Morgan fingerprint density at radius 1 is 1.40 bits per heavy atom. The number of hydrogen-bond donors (Lipinski definition) is 0. The fourth-order valence-corrected chi connectivity index (χ4v) is 4.33. The Labute approximate surface area is 124 Å². The van der Waals surface area contributed by atoms with Crippen LogP contribution in [0.1, 0.15) is 13.8 Å². The molecule has 0 aliphatic carbocycles. The zero-order valence-electron chi connectivity index (χ0n) is 11.7. The Kier molecular flexibility index (Phi) is 4.30. The summed E-state index contributed by atoms with van der Waals surface area (Å²) < 4.78 is 37.3. The molecule has 0 spiro atoms. The van der Waals surface area contributed by atoms with Gasteiger partial charge >= 0.3 is 0 Å². The van der Waals surface area contributed by atoms with Gasteiger partial charge in [-0.2, -0.15) is 4.31 Å². The minimum atomic E-state index is -3.60. The van der Waals surface area contributed by atoms with Gasteiger partial charge in [0.05, 0.1) is 35.8 Å². The minimum absolute atomic E-state index is 0.165. The molecule has 2 rings (SSSR count). The quantitative estimate of drug-likeness (QED) is 0.856. The van der Waals surface area contributed by atoms with E-state index in [0.717, 1.165) is 0 Å². The molecule has 0 radical (unpaired) electrons. The molecule has 1 aliphatic rings. The van der Waals surface area contributed by atoms with E-state index < -0.39 is 15.6 Å². The van der Waals surface area contributed by atoms with E-state index in [0.29, 0.717) is 25.5 Å². The highest BCUT2D eigenvalue weighted by molar-refractivity contribution is 7.89. The van der Waals surface area contributed by atoms with Crippen LogP contribution in [-0.4, -0.2) is 45.1 Å². The van der Waals surface area contributed by atoms with Gasteiger partial charge in [-0.15, -0.1) is 0 Å². The summed E-state index contributed by atoms with van der Waals surface area (Å²) in [7, 11) is -2.12. The summed E-state index contributed by atoms with van der Waals surface area (Å²) in [5, 5.41) is 0.277. The molecule has 7 heteroatoms. The third-order valence-electron chi connectivity index (χ3n) is 3.28. The Morgan fingerprint density at radius 3 is 2.65 bits per heavy atom. The topological polar surface area (TPSA) is 55.8 Å². The van der Waals surface area contributed by atoms with E-state index >= 15 is 0 Å². The molecule has 1 aromatic carbocycles. The maximum absolute atomic E-state index is 12.7. The van der Waals surface area contributed by atoms with Crippen molar-refractivity contribution in [2.24, 2.45) is 0 Å². The van der Waals surface area contributed by atoms with E-state index in [1.54, 1.807) is 6.07 Å². The molecule has 1 fully saturated rings. The molecule has 0 atom stereocenters. The lowest BCUT2D eigenvalue weighted by Gasteiger charge is -2.40. The zero-order chi connectivity index (χ0) is 15.0. The predicted molar refractivity (Wildman–Crippen MR) is 76.8 cm³/mol. The Hall–Kier alpha value is -0.820. The molecule has 20 heavy (non-hydrogen) atoms. The molecule has 0 N–H and O–H groups in total. The number of morpholine rings is 1. The van der Waals surface area contributed by atoms with Crippen molar-refractivity contribution in [1.82, 2.24) is 4.31 Å². The van der Waals surface area contributed by atoms with E-state index in [-0.39, 0.29) is 9.92 Å². The van der Waals surface area contributed by atoms with Crippen LogP contribution >= 0.6 is 11.6 Å². The molecule has 0 saturated carbocycles. The number of rotatable bonds is 3. The summed E-state index contributed by atoms with van der Waals surface area (Å²) in [6, 6.07) is 4.48. The number of halogens is 1. The van der Waals surface area contributed by atoms with Crippen molar-refractivity contribution in [1.29, 1.82) is 0 Å². The molecule has 0 aromatic heterocycles. The minimum Gasteiger partial charge on any atom is -0.495 e. The van der Waals surface area contributed by atoms with Crippen LogP contribution in [0.15, 0.2) is 23.1 Å². The molecule has 0 unspecified atom stereocenters. The third-order valence-corrected chi connectivity index (χ3v) is 5.68. The van der Waals surface area contributed by atoms with Crippen LogP contribution in [0.3, 0.4) is 0 Å². The molecule has 1 heterocycles. The fraction of sp³-hybridized carbons (Fsp3) is 0.538. The lowest BCUT2D eigenvalue weighted by atomic mass is 10.1. The van der Waals surface area contributed by atoms with Crippen LogP contribution < -0.4 is 4.74 Å². The summed E-state index contributed by atoms with van der Waals surface area (Å²) in [5.41, 5.74) is -0.580. The molecule has 0 amide bonds. The Bertz CT molecular complexity index is 600. The summed E-state index contributed by atoms with van der Waals surface area (Å²) in [6.45, 7) is 4.78. The maximum Gasteiger partial charge on any atom is 0.243 e. The molecule has 112 valence electrons. The molecule has 0 bridgehead atoms. The second-order valence-corrected chi connectivity index (χ2v) is 7.51. The second kappa shape index (κ2) is 5.52. The molecule has 1 aromatic rings. The van der Waals surface area contributed by atoms with Gasteiger partial charge < -0.3 is 9.47 Å². The average Bonchev–Trinajstić information content (AvgIpc) is 2.37. The molecular weight excluding hydrogens is 302 g/mol. The molecular formula is C13H18ClNO4S. The monoisotopic (exact) mass is 319 g/mol. The first kappa shape index (κ1) is 15.6. The van der Waals surface area contributed by atoms with Gasteiger partial charge in [0.2, 0.25) is 10.0 Å². The van der Waals surface area contributed by atoms with Gasteiger partial charge in [0, 0.05) is 6.54 Å². The highest BCUT2D eigenvalue weighted by atomic mass is 35.5. The van der Waals surface area contributed by atoms with Crippen molar-refractivity contribution in [2.75, 3.05) is 26.9 Å². The van der Waals surface area contributed by atoms with Crippen molar-refractivity contribution in [2.45, 2.75) is 24.3 Å². The fourth-order valence-electron chi connectivity index (χ4n) is 2.22. The Morgan fingerprint density at radius 2 is 2.10 bits per heavy atom. The van der Waals surface area contributed by atoms with E-state index in [1.165, 1.54) is 23.5 Å². The van der Waals surface area contributed by atoms with Gasteiger partial charge in [-0.1, -0.05) is 11.6 Å². The summed E-state index contributed by atoms with van der Waals surface area (Å²) in [6.07, 6.45) is 0. The van der Waals surface area contributed by atoms with Crippen molar-refractivity contribution < 1.29 is 17.9 Å². The van der Waals surface area contributed by atoms with Crippen LogP contribution in [-0.2, 0) is 14.8 Å². The largest absolute Gasteiger partial charge is 0.495 e. The number of ether oxygens (including phenoxy) is 2. The highest BCUT2D eigenvalue weighted by Gasteiger charge is 2.39. The van der Waals surface area contributed by atoms with Gasteiger partial charge in [-0.25, -0.2) is 8.42 Å². The van der Waals surface area contributed by atoms with Crippen molar-refractivity contribution in [3.63, 3.8) is 0 Å². The van der Waals surface area contributed by atoms with Crippen LogP contribution in [0.4, 0.5) is 0 Å². The molecule has 5 nitrogen and oxygen atoms in total. The highest BCUT2D eigenvalue weighted by Crippen LogP contribution is 2.31. The Balaban J connectivity index is 2.42. The first-order valence-electron chi connectivity index (χ1n) is 6.23. The van der Waals surface area contributed by atoms with E-state index in [4.69, 9.17) is 21.1 Å². The van der Waals surface area contributed by atoms with Crippen molar-refractivity contribution in [3.8, 4) is 5.75 Å². The summed E-state index contributed by atoms with van der Waals surface area (Å²) in [5.74, 6) is 0.451. The average molecular weight is 320 g/mol. The number of hydrogen-bond acceptors (Lipinski definition) is 4. The zero-order valence-corrected chi connectivity index (χ0v) is 13.3. The van der Waals surface area contributed by atoms with Crippen LogP contribution in [0, 0.1) is 0 Å². The maximum atomic E-state index is 12.7. The van der Waals surface area contributed by atoms with Crippen LogP contribution in [0.2, 0.25) is 5.02 Å². The van der Waals surface area contributed by atoms with Gasteiger partial charge in [0.1, 0.15) is 5.75 Å². The molecule has 1 saturated heterocycles. The van der Waals surface area contributed by atoms with Gasteiger partial charge in [0.15, 0.2) is 0 Å². The third kappa shape index (κ3) is 2.79. The number of methoxy groups -OCH3 is 1. The first-order chi connectivity index (χ1) is 9.29. The van der Waals surface area contributed by atoms with Crippen molar-refractivity contribution >= 4 is 21.6 Å². The van der Waals surface area contributed by atoms with E-state index in [9.17, 15) is 8.42 Å². The van der Waals surface area contributed by atoms with Gasteiger partial charge in [0.25, 0.3) is 0 Å². The number of nitrogens with zero attached hydrogens (tertiary/aromatic N) is 1. The SMILES string of the molecule is COc1ccc(S(=O)(=O)N2CCOCC2(C)C)cc1Cl. The normalized spacial score (nSPS) is 19.8. The number of benzene rings is 1. The smallest absolute Gasteiger partial charge is 0.243 e. The van der Waals surface area contributed by atoms with E-state index in [1.807, 2.05) is 13.8 Å². The van der Waals surface area contributed by atoms with E-state index in [2.05, 4.69) is 0 Å².